The van der Waals surface area contributed by atoms with Crippen LogP contribution in [0.2, 0.25) is 0 Å². The maximum absolute atomic E-state index is 15.0. The van der Waals surface area contributed by atoms with Crippen molar-refractivity contribution in [1.29, 1.82) is 0 Å². The summed E-state index contributed by atoms with van der Waals surface area (Å²) in [6.45, 7) is 5.61. The van der Waals surface area contributed by atoms with Crippen LogP contribution in [0.5, 0.6) is 0 Å². The van der Waals surface area contributed by atoms with Crippen molar-refractivity contribution in [2.24, 2.45) is 0 Å². The van der Waals surface area contributed by atoms with Crippen molar-refractivity contribution in [2.45, 2.75) is 6.92 Å². The topological polar surface area (TPSA) is 109 Å². The second-order valence-electron chi connectivity index (χ2n) is 8.72. The quantitative estimate of drug-likeness (QED) is 0.546. The fourth-order valence-electron chi connectivity index (χ4n) is 4.24. The van der Waals surface area contributed by atoms with Crippen LogP contribution in [0.4, 0.5) is 32.1 Å². The van der Waals surface area contributed by atoms with Crippen LogP contribution in [-0.4, -0.2) is 68.0 Å². The number of halogens is 1. The molecular formula is C26H27FN6O4. The number of urea groups is 1. The van der Waals surface area contributed by atoms with Gasteiger partial charge in [0.25, 0.3) is 5.91 Å². The average molecular weight is 507 g/mol. The number of aryl methyl sites for hydroxylation is 1. The van der Waals surface area contributed by atoms with Gasteiger partial charge in [0, 0.05) is 48.5 Å². The Kier molecular flexibility index (Phi) is 7.24. The average Bonchev–Trinajstić information content (AvgIpc) is 2.91. The summed E-state index contributed by atoms with van der Waals surface area (Å²) in [5.74, 6) is 0.385. The molecule has 1 aromatic heterocycles. The molecule has 11 heteroatoms. The highest BCUT2D eigenvalue weighted by atomic mass is 19.1. The van der Waals surface area contributed by atoms with Gasteiger partial charge in [0.1, 0.15) is 18.2 Å². The first-order valence-electron chi connectivity index (χ1n) is 12.0. The number of nitrogens with one attached hydrogen (secondary N) is 2. The predicted octanol–water partition coefficient (Wildman–Crippen LogP) is 3.43. The first-order chi connectivity index (χ1) is 18.0. The lowest BCUT2D eigenvalue weighted by Crippen LogP contribution is -2.41. The summed E-state index contributed by atoms with van der Waals surface area (Å²) in [5.41, 5.74) is 2.70. The molecule has 2 saturated heterocycles. The van der Waals surface area contributed by atoms with Crippen LogP contribution < -0.4 is 20.4 Å². The smallest absolute Gasteiger partial charge is 0.323 e. The molecular weight excluding hydrogens is 479 g/mol. The number of amides is 3. The Hall–Kier alpha value is -4.09. The van der Waals surface area contributed by atoms with E-state index in [1.165, 1.54) is 6.07 Å². The number of benzene rings is 2. The van der Waals surface area contributed by atoms with E-state index in [1.54, 1.807) is 47.5 Å². The highest BCUT2D eigenvalue weighted by Gasteiger charge is 2.20. The molecule has 3 heterocycles. The molecule has 2 aromatic carbocycles. The number of rotatable bonds is 5. The zero-order valence-electron chi connectivity index (χ0n) is 20.4. The van der Waals surface area contributed by atoms with Crippen molar-refractivity contribution in [2.75, 3.05) is 66.5 Å². The van der Waals surface area contributed by atoms with Gasteiger partial charge in [-0.1, -0.05) is 0 Å². The fraction of sp³-hybridized carbons (Fsp3) is 0.308. The molecule has 5 rings (SSSR count). The molecule has 0 spiro atoms. The molecule has 10 nitrogen and oxygen atoms in total. The molecule has 192 valence electrons. The minimum atomic E-state index is -0.547. The second-order valence-corrected chi connectivity index (χ2v) is 8.72. The Morgan fingerprint density at radius 3 is 2.41 bits per heavy atom. The summed E-state index contributed by atoms with van der Waals surface area (Å²) >= 11 is 0. The zero-order chi connectivity index (χ0) is 25.8. The van der Waals surface area contributed by atoms with E-state index in [1.807, 2.05) is 6.92 Å². The van der Waals surface area contributed by atoms with Crippen molar-refractivity contribution in [3.63, 3.8) is 0 Å². The Labute approximate surface area is 213 Å². The molecule has 0 radical (unpaired) electrons. The lowest BCUT2D eigenvalue weighted by atomic mass is 10.1. The third-order valence-electron chi connectivity index (χ3n) is 6.15. The molecule has 2 fully saturated rings. The van der Waals surface area contributed by atoms with Gasteiger partial charge < -0.3 is 29.9 Å². The van der Waals surface area contributed by atoms with Crippen LogP contribution in [-0.2, 0) is 14.3 Å². The Bertz CT molecular complexity index is 1300. The molecule has 3 amide bonds. The van der Waals surface area contributed by atoms with Crippen LogP contribution in [0.15, 0.2) is 48.7 Å². The third kappa shape index (κ3) is 5.68. The van der Waals surface area contributed by atoms with Gasteiger partial charge in [0.2, 0.25) is 0 Å². The van der Waals surface area contributed by atoms with Gasteiger partial charge in [-0.3, -0.25) is 4.79 Å². The van der Waals surface area contributed by atoms with E-state index < -0.39 is 11.8 Å². The number of carbonyl (C=O) groups is 2. The van der Waals surface area contributed by atoms with Crippen LogP contribution in [0.1, 0.15) is 5.56 Å². The third-order valence-corrected chi connectivity index (χ3v) is 6.15. The van der Waals surface area contributed by atoms with Crippen molar-refractivity contribution in [3.05, 3.63) is 60.0 Å². The summed E-state index contributed by atoms with van der Waals surface area (Å²) in [5, 5.41) is 5.34. The van der Waals surface area contributed by atoms with Crippen molar-refractivity contribution >= 4 is 34.8 Å². The largest absolute Gasteiger partial charge is 0.378 e. The summed E-state index contributed by atoms with van der Waals surface area (Å²) < 4.78 is 25.6. The van der Waals surface area contributed by atoms with Gasteiger partial charge in [-0.05, 0) is 49.4 Å². The molecule has 0 unspecified atom stereocenters. The molecule has 3 aromatic rings. The molecule has 0 aliphatic carbocycles. The van der Waals surface area contributed by atoms with Gasteiger partial charge in [-0.15, -0.1) is 0 Å². The number of ether oxygens (including phenoxy) is 2. The number of anilines is 4. The molecule has 0 saturated carbocycles. The van der Waals surface area contributed by atoms with Crippen LogP contribution in [0, 0.1) is 12.7 Å². The Morgan fingerprint density at radius 1 is 0.973 bits per heavy atom. The first-order valence-corrected chi connectivity index (χ1v) is 12.0. The molecule has 2 aliphatic rings. The molecule has 2 N–H and O–H groups in total. The number of hydrogen-bond acceptors (Lipinski definition) is 7. The number of aromatic nitrogens is 2. The normalized spacial score (nSPS) is 16.0. The van der Waals surface area contributed by atoms with Crippen molar-refractivity contribution in [1.82, 2.24) is 9.97 Å². The van der Waals surface area contributed by atoms with E-state index in [0.29, 0.717) is 45.1 Å². The SMILES string of the molecule is Cc1cnc(-c2ccc(NC(=O)Nc3ccc(N4CCOCC4=O)cc3)cc2F)nc1N1CCOCC1. The van der Waals surface area contributed by atoms with E-state index in [2.05, 4.69) is 25.5 Å². The summed E-state index contributed by atoms with van der Waals surface area (Å²) in [4.78, 5) is 37.1. The predicted molar refractivity (Wildman–Crippen MR) is 137 cm³/mol. The summed E-state index contributed by atoms with van der Waals surface area (Å²) in [6, 6.07) is 10.8. The van der Waals surface area contributed by atoms with Gasteiger partial charge in [0.05, 0.1) is 25.4 Å². The number of morpholine rings is 2. The lowest BCUT2D eigenvalue weighted by Gasteiger charge is -2.29. The summed E-state index contributed by atoms with van der Waals surface area (Å²) in [7, 11) is 0. The molecule has 37 heavy (non-hydrogen) atoms. The molecule has 0 atom stereocenters. The van der Waals surface area contributed by atoms with Crippen LogP contribution >= 0.6 is 0 Å². The van der Waals surface area contributed by atoms with Gasteiger partial charge in [-0.2, -0.15) is 0 Å². The lowest BCUT2D eigenvalue weighted by molar-refractivity contribution is -0.125. The van der Waals surface area contributed by atoms with E-state index in [4.69, 9.17) is 9.47 Å². The number of nitrogens with zero attached hydrogens (tertiary/aromatic N) is 4. The van der Waals surface area contributed by atoms with E-state index in [9.17, 15) is 9.59 Å². The minimum Gasteiger partial charge on any atom is -0.378 e. The standard InChI is InChI=1S/C26H27FN6O4/c1-17-15-28-24(31-25(17)32-8-11-36-12-9-32)21-7-4-19(14-22(21)27)30-26(35)29-18-2-5-20(6-3-18)33-10-13-37-16-23(33)34/h2-7,14-15H,8-13,16H2,1H3,(H2,29,30,35). The maximum atomic E-state index is 15.0. The van der Waals surface area contributed by atoms with Crippen LogP contribution in [0.3, 0.4) is 0 Å². The highest BCUT2D eigenvalue weighted by molar-refractivity contribution is 6.00. The van der Waals surface area contributed by atoms with Crippen molar-refractivity contribution in [3.8, 4) is 11.4 Å². The van der Waals surface area contributed by atoms with E-state index >= 15 is 4.39 Å². The minimum absolute atomic E-state index is 0.0584. The maximum Gasteiger partial charge on any atom is 0.323 e. The van der Waals surface area contributed by atoms with E-state index in [0.717, 1.165) is 17.1 Å². The second kappa shape index (κ2) is 10.9. The molecule has 0 bridgehead atoms. The van der Waals surface area contributed by atoms with Crippen LogP contribution in [0.25, 0.3) is 11.4 Å². The van der Waals surface area contributed by atoms with Crippen molar-refractivity contribution < 1.29 is 23.5 Å². The van der Waals surface area contributed by atoms with Gasteiger partial charge >= 0.3 is 6.03 Å². The van der Waals surface area contributed by atoms with Gasteiger partial charge in [-0.25, -0.2) is 19.2 Å². The Balaban J connectivity index is 1.24. The fourth-order valence-corrected chi connectivity index (χ4v) is 4.24. The highest BCUT2D eigenvalue weighted by Crippen LogP contribution is 2.26. The first kappa shape index (κ1) is 24.6. The number of carbonyl (C=O) groups excluding carboxylic acids is 2. The zero-order valence-corrected chi connectivity index (χ0v) is 20.4. The Morgan fingerprint density at radius 2 is 1.68 bits per heavy atom. The molecule has 2 aliphatic heterocycles. The van der Waals surface area contributed by atoms with E-state index in [-0.39, 0.29) is 29.6 Å². The van der Waals surface area contributed by atoms with Gasteiger partial charge in [0.15, 0.2) is 5.82 Å². The number of hydrogen-bond donors (Lipinski definition) is 2. The monoisotopic (exact) mass is 506 g/mol. The summed E-state index contributed by atoms with van der Waals surface area (Å²) in [6.07, 6.45) is 1.69.